The summed E-state index contributed by atoms with van der Waals surface area (Å²) in [5, 5.41) is 3.40. The number of terminal acetylenes is 1. The van der Waals surface area contributed by atoms with Crippen molar-refractivity contribution >= 4 is 5.82 Å². The lowest BCUT2D eigenvalue weighted by Crippen LogP contribution is -2.14. The molecule has 1 N–H and O–H groups in total. The summed E-state index contributed by atoms with van der Waals surface area (Å²) in [6.45, 7) is 1.75. The van der Waals surface area contributed by atoms with E-state index in [0.29, 0.717) is 17.9 Å². The molecule has 0 aromatic carbocycles. The average molecular weight is 200 g/mol. The molecule has 0 amide bonds. The molecule has 3 heteroatoms. The Labute approximate surface area is 88.9 Å². The molecule has 2 heterocycles. The van der Waals surface area contributed by atoms with Crippen LogP contribution in [-0.2, 0) is 4.74 Å². The number of pyridine rings is 1. The zero-order valence-electron chi connectivity index (χ0n) is 8.31. The van der Waals surface area contributed by atoms with Crippen LogP contribution in [-0.4, -0.2) is 24.2 Å². The highest BCUT2D eigenvalue weighted by atomic mass is 16.5. The molecule has 3 nitrogen and oxygen atoms in total. The molecule has 3 rings (SSSR count). The lowest BCUT2D eigenvalue weighted by atomic mass is 10.2. The number of hydrogen-bond donors (Lipinski definition) is 1. The molecule has 1 saturated heterocycles. The van der Waals surface area contributed by atoms with Crippen LogP contribution in [0.1, 0.15) is 5.56 Å². The molecule has 3 atom stereocenters. The Balaban J connectivity index is 1.75. The first kappa shape index (κ1) is 8.75. The molecule has 1 saturated carbocycles. The predicted molar refractivity (Wildman–Crippen MR) is 57.4 cm³/mol. The van der Waals surface area contributed by atoms with Crippen LogP contribution >= 0.6 is 0 Å². The van der Waals surface area contributed by atoms with Crippen LogP contribution < -0.4 is 5.32 Å². The van der Waals surface area contributed by atoms with Crippen LogP contribution in [0.2, 0.25) is 0 Å². The lowest BCUT2D eigenvalue weighted by Gasteiger charge is -2.09. The summed E-state index contributed by atoms with van der Waals surface area (Å²) in [6, 6.07) is 4.28. The van der Waals surface area contributed by atoms with Crippen molar-refractivity contribution in [3.8, 4) is 12.3 Å². The standard InChI is InChI=1S/C12H12N2O/c1-2-8-4-3-5-13-12(8)14-11-9-6-15-7-10(9)11/h1,3-5,9-11H,6-7H2,(H,13,14)/t9-,10+,11?. The van der Waals surface area contributed by atoms with E-state index in [0.717, 1.165) is 24.6 Å². The van der Waals surface area contributed by atoms with E-state index < -0.39 is 0 Å². The van der Waals surface area contributed by atoms with E-state index in [2.05, 4.69) is 16.2 Å². The summed E-state index contributed by atoms with van der Waals surface area (Å²) in [5.41, 5.74) is 0.836. The van der Waals surface area contributed by atoms with Crippen molar-refractivity contribution in [3.05, 3.63) is 23.9 Å². The van der Waals surface area contributed by atoms with Gasteiger partial charge >= 0.3 is 0 Å². The lowest BCUT2D eigenvalue weighted by molar-refractivity contribution is 0.162. The van der Waals surface area contributed by atoms with Gasteiger partial charge in [-0.2, -0.15) is 0 Å². The number of nitrogens with one attached hydrogen (secondary N) is 1. The Morgan fingerprint density at radius 3 is 3.00 bits per heavy atom. The summed E-state index contributed by atoms with van der Waals surface area (Å²) >= 11 is 0. The molecule has 1 aromatic rings. The number of fused-ring (bicyclic) bond motifs is 1. The third kappa shape index (κ3) is 1.38. The minimum absolute atomic E-state index is 0.515. The Bertz CT molecular complexity index is 414. The first-order valence-corrected chi connectivity index (χ1v) is 5.16. The van der Waals surface area contributed by atoms with E-state index in [4.69, 9.17) is 11.2 Å². The molecule has 15 heavy (non-hydrogen) atoms. The van der Waals surface area contributed by atoms with Gasteiger partial charge in [-0.15, -0.1) is 6.42 Å². The van der Waals surface area contributed by atoms with Gasteiger partial charge in [0, 0.05) is 24.1 Å². The van der Waals surface area contributed by atoms with Gasteiger partial charge in [-0.3, -0.25) is 0 Å². The van der Waals surface area contributed by atoms with Gasteiger partial charge in [-0.05, 0) is 12.1 Å². The van der Waals surface area contributed by atoms with E-state index in [9.17, 15) is 0 Å². The zero-order chi connectivity index (χ0) is 10.3. The minimum Gasteiger partial charge on any atom is -0.381 e. The quantitative estimate of drug-likeness (QED) is 0.726. The van der Waals surface area contributed by atoms with Crippen molar-refractivity contribution in [3.63, 3.8) is 0 Å². The van der Waals surface area contributed by atoms with Crippen molar-refractivity contribution in [2.75, 3.05) is 18.5 Å². The van der Waals surface area contributed by atoms with Crippen LogP contribution in [0.15, 0.2) is 18.3 Å². The van der Waals surface area contributed by atoms with Gasteiger partial charge in [-0.1, -0.05) is 5.92 Å². The van der Waals surface area contributed by atoms with Crippen molar-refractivity contribution in [1.82, 2.24) is 4.98 Å². The highest BCUT2D eigenvalue weighted by molar-refractivity contribution is 5.54. The smallest absolute Gasteiger partial charge is 0.141 e. The molecule has 0 spiro atoms. The molecular formula is C12H12N2O. The Morgan fingerprint density at radius 2 is 2.27 bits per heavy atom. The maximum atomic E-state index is 5.41. The maximum Gasteiger partial charge on any atom is 0.141 e. The molecular weight excluding hydrogens is 188 g/mol. The topological polar surface area (TPSA) is 34.2 Å². The molecule has 1 aromatic heterocycles. The fourth-order valence-electron chi connectivity index (χ4n) is 2.25. The van der Waals surface area contributed by atoms with Crippen molar-refractivity contribution in [2.45, 2.75) is 6.04 Å². The summed E-state index contributed by atoms with van der Waals surface area (Å²) < 4.78 is 5.33. The van der Waals surface area contributed by atoms with E-state index >= 15 is 0 Å². The largest absolute Gasteiger partial charge is 0.381 e. The third-order valence-electron chi connectivity index (χ3n) is 3.22. The van der Waals surface area contributed by atoms with Crippen LogP contribution in [0.5, 0.6) is 0 Å². The second-order valence-electron chi connectivity index (χ2n) is 4.08. The van der Waals surface area contributed by atoms with Crippen LogP contribution in [0.25, 0.3) is 0 Å². The highest BCUT2D eigenvalue weighted by Gasteiger charge is 2.54. The van der Waals surface area contributed by atoms with Gasteiger partial charge < -0.3 is 10.1 Å². The van der Waals surface area contributed by atoms with Gasteiger partial charge in [0.15, 0.2) is 0 Å². The van der Waals surface area contributed by atoms with Gasteiger partial charge in [0.05, 0.1) is 18.8 Å². The van der Waals surface area contributed by atoms with Gasteiger partial charge in [0.2, 0.25) is 0 Å². The molecule has 1 unspecified atom stereocenters. The monoisotopic (exact) mass is 200 g/mol. The normalized spacial score (nSPS) is 31.8. The fraction of sp³-hybridized carbons (Fsp3) is 0.417. The van der Waals surface area contributed by atoms with Gasteiger partial charge in [-0.25, -0.2) is 4.98 Å². The molecule has 1 aliphatic carbocycles. The van der Waals surface area contributed by atoms with Crippen molar-refractivity contribution in [2.24, 2.45) is 11.8 Å². The first-order valence-electron chi connectivity index (χ1n) is 5.16. The average Bonchev–Trinajstić information content (AvgIpc) is 2.75. The summed E-state index contributed by atoms with van der Waals surface area (Å²) in [4.78, 5) is 4.26. The number of ether oxygens (including phenoxy) is 1. The number of nitrogens with zero attached hydrogens (tertiary/aromatic N) is 1. The molecule has 2 aliphatic rings. The number of hydrogen-bond acceptors (Lipinski definition) is 3. The Hall–Kier alpha value is -1.53. The highest BCUT2D eigenvalue weighted by Crippen LogP contribution is 2.45. The minimum atomic E-state index is 0.515. The Morgan fingerprint density at radius 1 is 1.47 bits per heavy atom. The van der Waals surface area contributed by atoms with Crippen LogP contribution in [0.4, 0.5) is 5.82 Å². The second-order valence-corrected chi connectivity index (χ2v) is 4.08. The Kier molecular flexibility index (Phi) is 1.90. The van der Waals surface area contributed by atoms with Gasteiger partial charge in [0.25, 0.3) is 0 Å². The molecule has 76 valence electrons. The number of anilines is 1. The number of aromatic nitrogens is 1. The second kappa shape index (κ2) is 3.25. The molecule has 0 bridgehead atoms. The molecule has 2 fully saturated rings. The van der Waals surface area contributed by atoms with Crippen molar-refractivity contribution < 1.29 is 4.74 Å². The fourth-order valence-corrected chi connectivity index (χ4v) is 2.25. The summed E-state index contributed by atoms with van der Waals surface area (Å²) in [7, 11) is 0. The zero-order valence-corrected chi connectivity index (χ0v) is 8.31. The predicted octanol–water partition coefficient (Wildman–Crippen LogP) is 1.12. The first-order chi connectivity index (χ1) is 7.40. The van der Waals surface area contributed by atoms with Crippen molar-refractivity contribution in [1.29, 1.82) is 0 Å². The van der Waals surface area contributed by atoms with Crippen LogP contribution in [0, 0.1) is 24.2 Å². The summed E-state index contributed by atoms with van der Waals surface area (Å²) in [5.74, 6) is 4.80. The molecule has 1 aliphatic heterocycles. The number of rotatable bonds is 2. The van der Waals surface area contributed by atoms with E-state index in [1.807, 2.05) is 12.1 Å². The van der Waals surface area contributed by atoms with E-state index in [-0.39, 0.29) is 0 Å². The van der Waals surface area contributed by atoms with Crippen LogP contribution in [0.3, 0.4) is 0 Å². The maximum absolute atomic E-state index is 5.41. The van der Waals surface area contributed by atoms with E-state index in [1.165, 1.54) is 0 Å². The third-order valence-corrected chi connectivity index (χ3v) is 3.22. The molecule has 0 radical (unpaired) electrons. The SMILES string of the molecule is C#Cc1cccnc1NC1[C@H]2COC[C@@H]12. The summed E-state index contributed by atoms with van der Waals surface area (Å²) in [6.07, 6.45) is 7.17. The van der Waals surface area contributed by atoms with E-state index in [1.54, 1.807) is 6.20 Å². The van der Waals surface area contributed by atoms with Gasteiger partial charge in [0.1, 0.15) is 5.82 Å².